The molecule has 5 nitrogen and oxygen atoms in total. The van der Waals surface area contributed by atoms with Crippen molar-refractivity contribution in [1.29, 1.82) is 0 Å². The molecule has 1 atom stereocenters. The molecule has 2 rings (SSSR count). The van der Waals surface area contributed by atoms with Crippen LogP contribution in [0.2, 0.25) is 0 Å². The van der Waals surface area contributed by atoms with Crippen LogP contribution in [0.5, 0.6) is 0 Å². The predicted molar refractivity (Wildman–Crippen MR) is 78.4 cm³/mol. The fourth-order valence-corrected chi connectivity index (χ4v) is 2.20. The van der Waals surface area contributed by atoms with Crippen molar-refractivity contribution in [1.82, 2.24) is 4.57 Å². The molecular weight excluding hydrogens is 273 g/mol. The molecule has 0 saturated heterocycles. The number of aromatic nitrogens is 1. The Balaban J connectivity index is 2.26. The van der Waals surface area contributed by atoms with E-state index in [-0.39, 0.29) is 18.3 Å². The van der Waals surface area contributed by atoms with Gasteiger partial charge in [0.25, 0.3) is 5.69 Å². The van der Waals surface area contributed by atoms with E-state index in [1.807, 2.05) is 26.1 Å². The molecule has 0 radical (unpaired) electrons. The summed E-state index contributed by atoms with van der Waals surface area (Å²) < 4.78 is 15.1. The summed E-state index contributed by atoms with van der Waals surface area (Å²) in [5, 5.41) is 11.0. The SMILES string of the molecule is CC(C)C(N)c1ccn(Cc2cc(F)ccc2[N+](=O)[O-])c1. The number of hydrogen-bond donors (Lipinski definition) is 1. The summed E-state index contributed by atoms with van der Waals surface area (Å²) in [6, 6.07) is 5.27. The first kappa shape index (κ1) is 15.2. The van der Waals surface area contributed by atoms with Gasteiger partial charge in [-0.3, -0.25) is 10.1 Å². The molecule has 1 aromatic carbocycles. The standard InChI is InChI=1S/C15H18FN3O2/c1-10(2)15(17)11-5-6-18(8-11)9-12-7-13(16)3-4-14(12)19(20)21/h3-8,10,15H,9,17H2,1-2H3. The lowest BCUT2D eigenvalue weighted by molar-refractivity contribution is -0.385. The number of rotatable bonds is 5. The smallest absolute Gasteiger partial charge is 0.274 e. The number of nitrogens with two attached hydrogens (primary N) is 1. The van der Waals surface area contributed by atoms with Crippen molar-refractivity contribution in [2.75, 3.05) is 0 Å². The van der Waals surface area contributed by atoms with Gasteiger partial charge in [-0.25, -0.2) is 4.39 Å². The van der Waals surface area contributed by atoms with E-state index in [0.717, 1.165) is 11.6 Å². The Morgan fingerprint density at radius 1 is 1.38 bits per heavy atom. The second kappa shape index (κ2) is 6.05. The summed E-state index contributed by atoms with van der Waals surface area (Å²) in [5.41, 5.74) is 7.28. The predicted octanol–water partition coefficient (Wildman–Crippen LogP) is 3.24. The first-order chi connectivity index (χ1) is 9.88. The quantitative estimate of drug-likeness (QED) is 0.679. The van der Waals surface area contributed by atoms with E-state index >= 15 is 0 Å². The topological polar surface area (TPSA) is 74.1 Å². The van der Waals surface area contributed by atoms with Crippen molar-refractivity contribution in [3.05, 3.63) is 63.7 Å². The third-order valence-corrected chi connectivity index (χ3v) is 3.47. The lowest BCUT2D eigenvalue weighted by Gasteiger charge is -2.13. The molecule has 0 saturated carbocycles. The normalized spacial score (nSPS) is 12.6. The Hall–Kier alpha value is -2.21. The van der Waals surface area contributed by atoms with Crippen molar-refractivity contribution < 1.29 is 9.31 Å². The maximum Gasteiger partial charge on any atom is 0.274 e. The van der Waals surface area contributed by atoms with Gasteiger partial charge in [-0.2, -0.15) is 0 Å². The summed E-state index contributed by atoms with van der Waals surface area (Å²) in [5.74, 6) is -0.189. The third kappa shape index (κ3) is 3.46. The molecule has 0 aliphatic heterocycles. The van der Waals surface area contributed by atoms with Crippen LogP contribution in [0.15, 0.2) is 36.7 Å². The number of benzene rings is 1. The summed E-state index contributed by atoms with van der Waals surface area (Å²) in [6.45, 7) is 4.29. The van der Waals surface area contributed by atoms with Gasteiger partial charge in [0.1, 0.15) is 5.82 Å². The Bertz CT molecular complexity index is 652. The van der Waals surface area contributed by atoms with Gasteiger partial charge in [-0.1, -0.05) is 13.8 Å². The van der Waals surface area contributed by atoms with E-state index in [2.05, 4.69) is 0 Å². The second-order valence-electron chi connectivity index (χ2n) is 5.42. The average Bonchev–Trinajstić information content (AvgIpc) is 2.85. The van der Waals surface area contributed by atoms with E-state index < -0.39 is 10.7 Å². The lowest BCUT2D eigenvalue weighted by Crippen LogP contribution is -2.16. The zero-order valence-corrected chi connectivity index (χ0v) is 12.0. The summed E-state index contributed by atoms with van der Waals surface area (Å²) >= 11 is 0. The fraction of sp³-hybridized carbons (Fsp3) is 0.333. The molecular formula is C15H18FN3O2. The molecule has 6 heteroatoms. The maximum absolute atomic E-state index is 13.3. The minimum absolute atomic E-state index is 0.0835. The summed E-state index contributed by atoms with van der Waals surface area (Å²) in [7, 11) is 0. The highest BCUT2D eigenvalue weighted by Crippen LogP contribution is 2.23. The highest BCUT2D eigenvalue weighted by molar-refractivity contribution is 5.40. The van der Waals surface area contributed by atoms with Crippen LogP contribution in [0.25, 0.3) is 0 Å². The van der Waals surface area contributed by atoms with Gasteiger partial charge >= 0.3 is 0 Å². The number of nitrogens with zero attached hydrogens (tertiary/aromatic N) is 2. The number of halogens is 1. The molecule has 1 heterocycles. The van der Waals surface area contributed by atoms with Crippen molar-refractivity contribution in [3.63, 3.8) is 0 Å². The molecule has 2 N–H and O–H groups in total. The van der Waals surface area contributed by atoms with E-state index in [4.69, 9.17) is 5.73 Å². The Morgan fingerprint density at radius 2 is 2.10 bits per heavy atom. The number of nitro benzene ring substituents is 1. The molecule has 0 amide bonds. The zero-order valence-electron chi connectivity index (χ0n) is 12.0. The van der Waals surface area contributed by atoms with E-state index in [9.17, 15) is 14.5 Å². The van der Waals surface area contributed by atoms with Gasteiger partial charge < -0.3 is 10.3 Å². The number of nitro groups is 1. The van der Waals surface area contributed by atoms with Gasteiger partial charge in [-0.05, 0) is 29.7 Å². The molecule has 0 spiro atoms. The van der Waals surface area contributed by atoms with Crippen LogP contribution >= 0.6 is 0 Å². The van der Waals surface area contributed by atoms with Gasteiger partial charge in [0.15, 0.2) is 0 Å². The van der Waals surface area contributed by atoms with E-state index in [1.54, 1.807) is 10.8 Å². The Morgan fingerprint density at radius 3 is 2.71 bits per heavy atom. The minimum Gasteiger partial charge on any atom is -0.349 e. The van der Waals surface area contributed by atoms with Crippen molar-refractivity contribution >= 4 is 5.69 Å². The van der Waals surface area contributed by atoms with Crippen LogP contribution in [0.4, 0.5) is 10.1 Å². The maximum atomic E-state index is 13.3. The molecule has 1 unspecified atom stereocenters. The Labute approximate surface area is 122 Å². The fourth-order valence-electron chi connectivity index (χ4n) is 2.20. The van der Waals surface area contributed by atoms with Crippen molar-refractivity contribution in [2.24, 2.45) is 11.7 Å². The Kier molecular flexibility index (Phi) is 4.37. The van der Waals surface area contributed by atoms with E-state index in [0.29, 0.717) is 11.5 Å². The molecule has 1 aromatic heterocycles. The zero-order chi connectivity index (χ0) is 15.6. The molecule has 0 fully saturated rings. The van der Waals surface area contributed by atoms with Crippen LogP contribution in [-0.4, -0.2) is 9.49 Å². The van der Waals surface area contributed by atoms with Crippen molar-refractivity contribution in [2.45, 2.75) is 26.4 Å². The molecule has 0 aliphatic rings. The van der Waals surface area contributed by atoms with Crippen LogP contribution in [0.3, 0.4) is 0 Å². The van der Waals surface area contributed by atoms with Crippen LogP contribution in [0.1, 0.15) is 31.0 Å². The average molecular weight is 291 g/mol. The summed E-state index contributed by atoms with van der Waals surface area (Å²) in [6.07, 6.45) is 3.64. The third-order valence-electron chi connectivity index (χ3n) is 3.47. The van der Waals surface area contributed by atoms with Crippen LogP contribution in [-0.2, 0) is 6.54 Å². The molecule has 0 bridgehead atoms. The first-order valence-corrected chi connectivity index (χ1v) is 6.72. The highest BCUT2D eigenvalue weighted by atomic mass is 19.1. The van der Waals surface area contributed by atoms with Gasteiger partial charge in [0.2, 0.25) is 0 Å². The molecule has 112 valence electrons. The van der Waals surface area contributed by atoms with Gasteiger partial charge in [0.05, 0.1) is 17.0 Å². The molecule has 0 aliphatic carbocycles. The lowest BCUT2D eigenvalue weighted by atomic mass is 10.00. The minimum atomic E-state index is -0.501. The van der Waals surface area contributed by atoms with Crippen LogP contribution < -0.4 is 5.73 Å². The summed E-state index contributed by atoms with van der Waals surface area (Å²) in [4.78, 5) is 10.5. The van der Waals surface area contributed by atoms with Crippen LogP contribution in [0, 0.1) is 21.8 Å². The van der Waals surface area contributed by atoms with Gasteiger partial charge in [0, 0.05) is 24.5 Å². The second-order valence-corrected chi connectivity index (χ2v) is 5.42. The van der Waals surface area contributed by atoms with Crippen molar-refractivity contribution in [3.8, 4) is 0 Å². The first-order valence-electron chi connectivity index (χ1n) is 6.72. The van der Waals surface area contributed by atoms with Gasteiger partial charge in [-0.15, -0.1) is 0 Å². The number of hydrogen-bond acceptors (Lipinski definition) is 3. The largest absolute Gasteiger partial charge is 0.349 e. The molecule has 21 heavy (non-hydrogen) atoms. The highest BCUT2D eigenvalue weighted by Gasteiger charge is 2.16. The molecule has 2 aromatic rings. The van der Waals surface area contributed by atoms with E-state index in [1.165, 1.54) is 12.1 Å². The monoisotopic (exact) mass is 291 g/mol.